The minimum Gasteiger partial charge on any atom is -0.334 e. The first-order chi connectivity index (χ1) is 9.36. The van der Waals surface area contributed by atoms with Gasteiger partial charge in [-0.2, -0.15) is 4.98 Å². The summed E-state index contributed by atoms with van der Waals surface area (Å²) in [7, 11) is 0. The van der Waals surface area contributed by atoms with E-state index in [-0.39, 0.29) is 0 Å². The van der Waals surface area contributed by atoms with Crippen molar-refractivity contribution in [2.24, 2.45) is 5.73 Å². The van der Waals surface area contributed by atoms with Crippen molar-refractivity contribution in [1.82, 2.24) is 10.1 Å². The third-order valence-electron chi connectivity index (χ3n) is 2.87. The Hall–Kier alpha value is -2.46. The molecule has 0 atom stereocenters. The molecule has 3 aromatic rings. The SMILES string of the molecule is NCc1cccc(-c2nc(-c3ccccc3)no2)c1. The number of aromatic nitrogens is 2. The number of nitrogens with two attached hydrogens (primary N) is 1. The summed E-state index contributed by atoms with van der Waals surface area (Å²) < 4.78 is 5.30. The quantitative estimate of drug-likeness (QED) is 0.777. The Kier molecular flexibility index (Phi) is 3.08. The van der Waals surface area contributed by atoms with Crippen molar-refractivity contribution in [2.45, 2.75) is 6.54 Å². The molecule has 0 radical (unpaired) electrons. The van der Waals surface area contributed by atoms with E-state index in [4.69, 9.17) is 10.3 Å². The number of rotatable bonds is 3. The molecule has 0 fully saturated rings. The number of hydrogen-bond donors (Lipinski definition) is 1. The van der Waals surface area contributed by atoms with Gasteiger partial charge in [0.2, 0.25) is 5.82 Å². The highest BCUT2D eigenvalue weighted by atomic mass is 16.5. The molecule has 0 saturated heterocycles. The molecular weight excluding hydrogens is 238 g/mol. The zero-order chi connectivity index (χ0) is 13.1. The summed E-state index contributed by atoms with van der Waals surface area (Å²) in [4.78, 5) is 4.41. The molecule has 2 aromatic carbocycles. The van der Waals surface area contributed by atoms with Crippen LogP contribution in [0.25, 0.3) is 22.8 Å². The molecule has 0 saturated carbocycles. The molecular formula is C15H13N3O. The van der Waals surface area contributed by atoms with Gasteiger partial charge in [-0.1, -0.05) is 47.6 Å². The van der Waals surface area contributed by atoms with E-state index in [2.05, 4.69) is 10.1 Å². The predicted molar refractivity (Wildman–Crippen MR) is 73.1 cm³/mol. The summed E-state index contributed by atoms with van der Waals surface area (Å²) in [5.41, 5.74) is 8.49. The molecule has 0 aliphatic carbocycles. The van der Waals surface area contributed by atoms with Gasteiger partial charge in [-0.3, -0.25) is 0 Å². The van der Waals surface area contributed by atoms with Crippen LogP contribution in [-0.4, -0.2) is 10.1 Å². The summed E-state index contributed by atoms with van der Waals surface area (Å²) in [5.74, 6) is 1.10. The van der Waals surface area contributed by atoms with Gasteiger partial charge in [0.05, 0.1) is 0 Å². The van der Waals surface area contributed by atoms with Crippen molar-refractivity contribution in [2.75, 3.05) is 0 Å². The van der Waals surface area contributed by atoms with Crippen LogP contribution >= 0.6 is 0 Å². The van der Waals surface area contributed by atoms with Crippen molar-refractivity contribution in [1.29, 1.82) is 0 Å². The van der Waals surface area contributed by atoms with Crippen LogP contribution < -0.4 is 5.73 Å². The summed E-state index contributed by atoms with van der Waals surface area (Å²) in [6.45, 7) is 0.494. The maximum absolute atomic E-state index is 5.63. The lowest BCUT2D eigenvalue weighted by atomic mass is 10.1. The Morgan fingerprint density at radius 3 is 2.53 bits per heavy atom. The van der Waals surface area contributed by atoms with Gasteiger partial charge in [-0.05, 0) is 17.7 Å². The minimum atomic E-state index is 0.494. The van der Waals surface area contributed by atoms with Crippen molar-refractivity contribution in [3.8, 4) is 22.8 Å². The van der Waals surface area contributed by atoms with E-state index in [9.17, 15) is 0 Å². The lowest BCUT2D eigenvalue weighted by Crippen LogP contribution is -1.95. The first-order valence-corrected chi connectivity index (χ1v) is 6.05. The van der Waals surface area contributed by atoms with Gasteiger partial charge in [-0.25, -0.2) is 0 Å². The summed E-state index contributed by atoms with van der Waals surface area (Å²) in [6, 6.07) is 17.5. The van der Waals surface area contributed by atoms with E-state index < -0.39 is 0 Å². The molecule has 3 rings (SSSR count). The molecule has 0 bridgehead atoms. The van der Waals surface area contributed by atoms with E-state index >= 15 is 0 Å². The molecule has 2 N–H and O–H groups in total. The largest absolute Gasteiger partial charge is 0.334 e. The van der Waals surface area contributed by atoms with E-state index in [1.807, 2.05) is 54.6 Å². The molecule has 4 heteroatoms. The monoisotopic (exact) mass is 251 g/mol. The molecule has 1 aromatic heterocycles. The number of benzene rings is 2. The first-order valence-electron chi connectivity index (χ1n) is 6.05. The summed E-state index contributed by atoms with van der Waals surface area (Å²) in [5, 5.41) is 4.00. The van der Waals surface area contributed by atoms with Crippen molar-refractivity contribution in [3.63, 3.8) is 0 Å². The van der Waals surface area contributed by atoms with Gasteiger partial charge in [0.25, 0.3) is 5.89 Å². The highest BCUT2D eigenvalue weighted by molar-refractivity contribution is 5.60. The lowest BCUT2D eigenvalue weighted by Gasteiger charge is -1.98. The van der Waals surface area contributed by atoms with Crippen molar-refractivity contribution >= 4 is 0 Å². The van der Waals surface area contributed by atoms with Gasteiger partial charge < -0.3 is 10.3 Å². The lowest BCUT2D eigenvalue weighted by molar-refractivity contribution is 0.432. The third kappa shape index (κ3) is 2.39. The summed E-state index contributed by atoms with van der Waals surface area (Å²) >= 11 is 0. The van der Waals surface area contributed by atoms with Crippen LogP contribution in [0.3, 0.4) is 0 Å². The molecule has 19 heavy (non-hydrogen) atoms. The second-order valence-corrected chi connectivity index (χ2v) is 4.19. The van der Waals surface area contributed by atoms with Crippen LogP contribution in [0.5, 0.6) is 0 Å². The molecule has 0 spiro atoms. The Morgan fingerprint density at radius 2 is 1.74 bits per heavy atom. The Bertz CT molecular complexity index is 677. The predicted octanol–water partition coefficient (Wildman–Crippen LogP) is 2.86. The highest BCUT2D eigenvalue weighted by Gasteiger charge is 2.10. The number of hydrogen-bond acceptors (Lipinski definition) is 4. The fourth-order valence-electron chi connectivity index (χ4n) is 1.88. The molecule has 94 valence electrons. The molecule has 1 heterocycles. The van der Waals surface area contributed by atoms with Crippen LogP contribution in [0.15, 0.2) is 59.1 Å². The van der Waals surface area contributed by atoms with E-state index in [1.54, 1.807) is 0 Å². The Labute approximate surface area is 110 Å². The van der Waals surface area contributed by atoms with Crippen LogP contribution in [0.4, 0.5) is 0 Å². The van der Waals surface area contributed by atoms with E-state index in [1.165, 1.54) is 0 Å². The fourth-order valence-corrected chi connectivity index (χ4v) is 1.88. The van der Waals surface area contributed by atoms with Crippen LogP contribution in [-0.2, 0) is 6.54 Å². The van der Waals surface area contributed by atoms with Gasteiger partial charge in [-0.15, -0.1) is 0 Å². The van der Waals surface area contributed by atoms with Crippen LogP contribution in [0, 0.1) is 0 Å². The van der Waals surface area contributed by atoms with Crippen molar-refractivity contribution in [3.05, 3.63) is 60.2 Å². The molecule has 0 unspecified atom stereocenters. The highest BCUT2D eigenvalue weighted by Crippen LogP contribution is 2.22. The average Bonchev–Trinajstić information content (AvgIpc) is 2.98. The Morgan fingerprint density at radius 1 is 0.947 bits per heavy atom. The van der Waals surface area contributed by atoms with Gasteiger partial charge >= 0.3 is 0 Å². The standard InChI is InChI=1S/C15H13N3O/c16-10-11-5-4-8-13(9-11)15-17-14(18-19-15)12-6-2-1-3-7-12/h1-9H,10,16H2. The van der Waals surface area contributed by atoms with Gasteiger partial charge in [0.1, 0.15) is 0 Å². The molecule has 0 amide bonds. The second kappa shape index (κ2) is 5.04. The smallest absolute Gasteiger partial charge is 0.258 e. The zero-order valence-corrected chi connectivity index (χ0v) is 10.3. The summed E-state index contributed by atoms with van der Waals surface area (Å²) in [6.07, 6.45) is 0. The van der Waals surface area contributed by atoms with Gasteiger partial charge in [0.15, 0.2) is 0 Å². The average molecular weight is 251 g/mol. The van der Waals surface area contributed by atoms with E-state index in [0.717, 1.165) is 16.7 Å². The fraction of sp³-hybridized carbons (Fsp3) is 0.0667. The maximum Gasteiger partial charge on any atom is 0.258 e. The maximum atomic E-state index is 5.63. The number of nitrogens with zero attached hydrogens (tertiary/aromatic N) is 2. The van der Waals surface area contributed by atoms with Crippen LogP contribution in [0.1, 0.15) is 5.56 Å². The molecule has 4 nitrogen and oxygen atoms in total. The third-order valence-corrected chi connectivity index (χ3v) is 2.87. The Balaban J connectivity index is 1.97. The molecule has 0 aliphatic heterocycles. The van der Waals surface area contributed by atoms with Crippen LogP contribution in [0.2, 0.25) is 0 Å². The molecule has 0 aliphatic rings. The normalized spacial score (nSPS) is 10.6. The topological polar surface area (TPSA) is 64.9 Å². The van der Waals surface area contributed by atoms with E-state index in [0.29, 0.717) is 18.3 Å². The van der Waals surface area contributed by atoms with Gasteiger partial charge in [0, 0.05) is 17.7 Å². The zero-order valence-electron chi connectivity index (χ0n) is 10.3. The second-order valence-electron chi connectivity index (χ2n) is 4.19. The first kappa shape index (κ1) is 11.6. The minimum absolute atomic E-state index is 0.494. The van der Waals surface area contributed by atoms with Crippen molar-refractivity contribution < 1.29 is 4.52 Å².